The minimum atomic E-state index is 0. The van der Waals surface area contributed by atoms with Gasteiger partial charge in [0.15, 0.2) is 5.96 Å². The Labute approximate surface area is 180 Å². The summed E-state index contributed by atoms with van der Waals surface area (Å²) in [6.07, 6.45) is 2.29. The van der Waals surface area contributed by atoms with Gasteiger partial charge < -0.3 is 15.2 Å². The highest BCUT2D eigenvalue weighted by Crippen LogP contribution is 2.22. The van der Waals surface area contributed by atoms with Crippen molar-refractivity contribution in [3.05, 3.63) is 52.4 Å². The van der Waals surface area contributed by atoms with Crippen LogP contribution < -0.4 is 10.6 Å². The first-order chi connectivity index (χ1) is 12.5. The number of halogens is 1. The Balaban J connectivity index is 0.00000364. The summed E-state index contributed by atoms with van der Waals surface area (Å²) in [4.78, 5) is 4.75. The summed E-state index contributed by atoms with van der Waals surface area (Å²) in [7, 11) is 0. The predicted molar refractivity (Wildman–Crippen MR) is 123 cm³/mol. The quantitative estimate of drug-likeness (QED) is 0.243. The minimum absolute atomic E-state index is 0. The van der Waals surface area contributed by atoms with Crippen LogP contribution in [0.3, 0.4) is 0 Å². The molecule has 150 valence electrons. The number of nitrogens with one attached hydrogen (secondary N) is 2. The van der Waals surface area contributed by atoms with Crippen LogP contribution in [0.25, 0.3) is 0 Å². The number of guanidine groups is 1. The van der Waals surface area contributed by atoms with Gasteiger partial charge >= 0.3 is 0 Å². The third kappa shape index (κ3) is 7.52. The van der Waals surface area contributed by atoms with E-state index in [4.69, 9.17) is 9.52 Å². The number of aromatic nitrogens is 1. The maximum absolute atomic E-state index is 5.29. The first-order valence-electron chi connectivity index (χ1n) is 9.51. The maximum atomic E-state index is 5.29. The van der Waals surface area contributed by atoms with Gasteiger partial charge in [0.1, 0.15) is 5.76 Å². The number of aliphatic imine (C=N–C) groups is 1. The molecule has 1 aromatic carbocycles. The van der Waals surface area contributed by atoms with Crippen LogP contribution in [0.4, 0.5) is 0 Å². The van der Waals surface area contributed by atoms with Crippen molar-refractivity contribution in [2.24, 2.45) is 4.99 Å². The van der Waals surface area contributed by atoms with Crippen LogP contribution in [0.1, 0.15) is 60.8 Å². The Kier molecular flexibility index (Phi) is 10.4. The summed E-state index contributed by atoms with van der Waals surface area (Å²) < 4.78 is 5.29. The number of hydrogen-bond acceptors (Lipinski definition) is 3. The fourth-order valence-corrected chi connectivity index (χ4v) is 2.97. The van der Waals surface area contributed by atoms with Crippen molar-refractivity contribution in [1.29, 1.82) is 0 Å². The lowest BCUT2D eigenvalue weighted by Gasteiger charge is -2.16. The van der Waals surface area contributed by atoms with Crippen molar-refractivity contribution in [2.45, 2.75) is 59.9 Å². The predicted octanol–water partition coefficient (Wildman–Crippen LogP) is 4.86. The van der Waals surface area contributed by atoms with E-state index in [1.807, 2.05) is 13.8 Å². The summed E-state index contributed by atoms with van der Waals surface area (Å²) >= 11 is 0. The van der Waals surface area contributed by atoms with E-state index in [2.05, 4.69) is 60.8 Å². The lowest BCUT2D eigenvalue weighted by molar-refractivity contribution is 0.391. The molecular formula is C21H33IN4O. The van der Waals surface area contributed by atoms with E-state index in [-0.39, 0.29) is 24.0 Å². The van der Waals surface area contributed by atoms with Crippen molar-refractivity contribution in [1.82, 2.24) is 15.8 Å². The van der Waals surface area contributed by atoms with Gasteiger partial charge in [-0.25, -0.2) is 4.99 Å². The molecule has 2 N–H and O–H groups in total. The molecule has 1 heterocycles. The molecule has 1 aromatic heterocycles. The highest BCUT2D eigenvalue weighted by molar-refractivity contribution is 14.0. The molecule has 0 aliphatic carbocycles. The van der Waals surface area contributed by atoms with Gasteiger partial charge in [-0.3, -0.25) is 0 Å². The molecule has 0 fully saturated rings. The smallest absolute Gasteiger partial charge is 0.191 e. The molecule has 2 aromatic rings. The average Bonchev–Trinajstić information content (AvgIpc) is 2.96. The normalized spacial score (nSPS) is 12.4. The van der Waals surface area contributed by atoms with E-state index in [1.165, 1.54) is 16.7 Å². The number of hydrogen-bond donors (Lipinski definition) is 2. The first-order valence-corrected chi connectivity index (χ1v) is 9.51. The fraction of sp³-hybridized carbons (Fsp3) is 0.524. The van der Waals surface area contributed by atoms with Gasteiger partial charge in [0.25, 0.3) is 0 Å². The van der Waals surface area contributed by atoms with E-state index >= 15 is 0 Å². The summed E-state index contributed by atoms with van der Waals surface area (Å²) in [6, 6.07) is 8.52. The highest BCUT2D eigenvalue weighted by Gasteiger charge is 2.16. The van der Waals surface area contributed by atoms with Crippen LogP contribution in [0.15, 0.2) is 33.8 Å². The largest absolute Gasteiger partial charge is 0.361 e. The van der Waals surface area contributed by atoms with E-state index in [1.54, 1.807) is 0 Å². The molecule has 2 rings (SSSR count). The third-order valence-corrected chi connectivity index (χ3v) is 4.52. The van der Waals surface area contributed by atoms with Gasteiger partial charge in [-0.05, 0) is 32.8 Å². The van der Waals surface area contributed by atoms with Gasteiger partial charge in [0.05, 0.1) is 12.2 Å². The second-order valence-corrected chi connectivity index (χ2v) is 6.95. The molecule has 6 heteroatoms. The maximum Gasteiger partial charge on any atom is 0.191 e. The fourth-order valence-electron chi connectivity index (χ4n) is 2.97. The number of unbranched alkanes of at least 4 members (excludes halogenated alkanes) is 1. The number of aryl methyl sites for hydroxylation is 3. The lowest BCUT2D eigenvalue weighted by Crippen LogP contribution is -2.39. The molecular weight excluding hydrogens is 451 g/mol. The van der Waals surface area contributed by atoms with Crippen LogP contribution >= 0.6 is 24.0 Å². The average molecular weight is 484 g/mol. The van der Waals surface area contributed by atoms with E-state index in [9.17, 15) is 0 Å². The second kappa shape index (κ2) is 12.0. The Hall–Kier alpha value is -1.57. The molecule has 0 radical (unpaired) electrons. The number of benzene rings is 1. The van der Waals surface area contributed by atoms with Crippen molar-refractivity contribution in [3.8, 4) is 0 Å². The van der Waals surface area contributed by atoms with Gasteiger partial charge in [-0.2, -0.15) is 0 Å². The molecule has 0 bridgehead atoms. The van der Waals surface area contributed by atoms with Crippen LogP contribution in [0.5, 0.6) is 0 Å². The van der Waals surface area contributed by atoms with E-state index in [0.29, 0.717) is 12.5 Å². The van der Waals surface area contributed by atoms with E-state index < -0.39 is 0 Å². The molecule has 0 saturated heterocycles. The standard InChI is InChI=1S/C21H32N4O.HI/c1-6-7-12-22-21(24-14-19-10-8-15(2)9-11-19)23-13-16(3)20-17(4)25-26-18(20)5;/h8-11,16H,6-7,12-14H2,1-5H3,(H2,22,23,24);1H. The van der Waals surface area contributed by atoms with Crippen LogP contribution in [0.2, 0.25) is 0 Å². The Morgan fingerprint density at radius 2 is 1.85 bits per heavy atom. The number of rotatable bonds is 8. The summed E-state index contributed by atoms with van der Waals surface area (Å²) in [5, 5.41) is 11.0. The topological polar surface area (TPSA) is 62.5 Å². The van der Waals surface area contributed by atoms with Gasteiger partial charge in [0, 0.05) is 24.6 Å². The molecule has 0 amide bonds. The summed E-state index contributed by atoms with van der Waals surface area (Å²) in [5.41, 5.74) is 4.63. The molecule has 1 atom stereocenters. The van der Waals surface area contributed by atoms with Gasteiger partial charge in [-0.1, -0.05) is 55.3 Å². The molecule has 0 aliphatic heterocycles. The van der Waals surface area contributed by atoms with Crippen LogP contribution in [-0.2, 0) is 6.54 Å². The molecule has 0 saturated carbocycles. The zero-order valence-corrected chi connectivity index (χ0v) is 19.5. The second-order valence-electron chi connectivity index (χ2n) is 6.95. The minimum Gasteiger partial charge on any atom is -0.361 e. The van der Waals surface area contributed by atoms with Crippen molar-refractivity contribution in [3.63, 3.8) is 0 Å². The molecule has 5 nitrogen and oxygen atoms in total. The monoisotopic (exact) mass is 484 g/mol. The zero-order valence-electron chi connectivity index (χ0n) is 17.1. The van der Waals surface area contributed by atoms with Gasteiger partial charge in [-0.15, -0.1) is 24.0 Å². The molecule has 1 unspecified atom stereocenters. The van der Waals surface area contributed by atoms with E-state index in [0.717, 1.165) is 43.3 Å². The Morgan fingerprint density at radius 3 is 2.44 bits per heavy atom. The number of nitrogens with zero attached hydrogens (tertiary/aromatic N) is 2. The van der Waals surface area contributed by atoms with Crippen LogP contribution in [-0.4, -0.2) is 24.2 Å². The summed E-state index contributed by atoms with van der Waals surface area (Å²) in [5.74, 6) is 2.06. The Bertz CT molecular complexity index is 690. The molecule has 27 heavy (non-hydrogen) atoms. The Morgan fingerprint density at radius 1 is 1.15 bits per heavy atom. The first kappa shape index (κ1) is 23.5. The van der Waals surface area contributed by atoms with Crippen molar-refractivity contribution >= 4 is 29.9 Å². The highest BCUT2D eigenvalue weighted by atomic mass is 127. The third-order valence-electron chi connectivity index (χ3n) is 4.52. The SMILES string of the molecule is CCCCNC(=NCc1ccc(C)cc1)NCC(C)c1c(C)noc1C.I. The summed E-state index contributed by atoms with van der Waals surface area (Å²) in [6.45, 7) is 12.8. The lowest BCUT2D eigenvalue weighted by atomic mass is 10.00. The van der Waals surface area contributed by atoms with Crippen LogP contribution in [0, 0.1) is 20.8 Å². The zero-order chi connectivity index (χ0) is 18.9. The van der Waals surface area contributed by atoms with Crippen molar-refractivity contribution < 1.29 is 4.52 Å². The van der Waals surface area contributed by atoms with Gasteiger partial charge in [0.2, 0.25) is 0 Å². The molecule has 0 spiro atoms. The molecule has 0 aliphatic rings. The van der Waals surface area contributed by atoms with Crippen molar-refractivity contribution in [2.75, 3.05) is 13.1 Å².